The van der Waals surface area contributed by atoms with Gasteiger partial charge < -0.3 is 4.57 Å². The molecule has 4 nitrogen and oxygen atoms in total. The summed E-state index contributed by atoms with van der Waals surface area (Å²) in [5.74, 6) is 1.98. The first kappa shape index (κ1) is 26.5. The van der Waals surface area contributed by atoms with Gasteiger partial charge in [0.25, 0.3) is 0 Å². The lowest BCUT2D eigenvalue weighted by Gasteiger charge is -2.21. The van der Waals surface area contributed by atoms with Crippen LogP contribution >= 0.6 is 0 Å². The van der Waals surface area contributed by atoms with Crippen molar-refractivity contribution in [3.63, 3.8) is 0 Å². The van der Waals surface area contributed by atoms with Crippen LogP contribution in [0.25, 0.3) is 72.8 Å². The Morgan fingerprint density at radius 3 is 1.63 bits per heavy atom. The number of nitrogens with zero attached hydrogens (tertiary/aromatic N) is 4. The molecule has 2 heterocycles. The number of hydrogen-bond donors (Lipinski definition) is 0. The zero-order valence-corrected chi connectivity index (χ0v) is 25.6. The highest BCUT2D eigenvalue weighted by molar-refractivity contribution is 6.12. The Kier molecular flexibility index (Phi) is 5.81. The van der Waals surface area contributed by atoms with Crippen LogP contribution in [0.4, 0.5) is 0 Å². The topological polar surface area (TPSA) is 43.6 Å². The average molecular weight is 591 g/mol. The minimum Gasteiger partial charge on any atom is -0.309 e. The lowest BCUT2D eigenvalue weighted by Crippen LogP contribution is -2.14. The molecule has 0 atom stereocenters. The smallest absolute Gasteiger partial charge is 0.164 e. The van der Waals surface area contributed by atoms with E-state index in [1.807, 2.05) is 60.7 Å². The van der Waals surface area contributed by atoms with Crippen LogP contribution in [0.3, 0.4) is 0 Å². The fraction of sp³-hybridized carbons (Fsp3) is 0.0714. The van der Waals surface area contributed by atoms with E-state index in [1.165, 1.54) is 38.5 Å². The van der Waals surface area contributed by atoms with Gasteiger partial charge in [0.1, 0.15) is 0 Å². The van der Waals surface area contributed by atoms with Crippen molar-refractivity contribution in [2.45, 2.75) is 19.3 Å². The molecule has 4 heteroatoms. The van der Waals surface area contributed by atoms with Crippen LogP contribution in [-0.2, 0) is 5.41 Å². The van der Waals surface area contributed by atoms with Crippen molar-refractivity contribution in [3.8, 4) is 51.0 Å². The van der Waals surface area contributed by atoms with Crippen LogP contribution in [0, 0.1) is 0 Å². The van der Waals surface area contributed by atoms with Crippen LogP contribution in [0.2, 0.25) is 0 Å². The van der Waals surface area contributed by atoms with Gasteiger partial charge in [-0.05, 0) is 64.7 Å². The van der Waals surface area contributed by atoms with Gasteiger partial charge >= 0.3 is 0 Å². The van der Waals surface area contributed by atoms with Gasteiger partial charge in [0.2, 0.25) is 0 Å². The summed E-state index contributed by atoms with van der Waals surface area (Å²) in [6.45, 7) is 4.68. The quantitative estimate of drug-likeness (QED) is 0.205. The molecule has 9 rings (SSSR count). The van der Waals surface area contributed by atoms with E-state index in [0.717, 1.165) is 27.9 Å². The summed E-state index contributed by atoms with van der Waals surface area (Å²) in [5, 5.41) is 2.39. The molecule has 0 radical (unpaired) electrons. The molecule has 0 saturated heterocycles. The van der Waals surface area contributed by atoms with Crippen molar-refractivity contribution in [2.75, 3.05) is 0 Å². The largest absolute Gasteiger partial charge is 0.309 e. The molecule has 46 heavy (non-hydrogen) atoms. The van der Waals surface area contributed by atoms with Crippen molar-refractivity contribution in [1.82, 2.24) is 19.5 Å². The maximum absolute atomic E-state index is 5.03. The fourth-order valence-corrected chi connectivity index (χ4v) is 7.15. The van der Waals surface area contributed by atoms with Gasteiger partial charge in [-0.1, -0.05) is 117 Å². The van der Waals surface area contributed by atoms with Crippen molar-refractivity contribution < 1.29 is 0 Å². The predicted octanol–water partition coefficient (Wildman–Crippen LogP) is 10.3. The third kappa shape index (κ3) is 4.04. The maximum atomic E-state index is 5.03. The second kappa shape index (κ2) is 10.1. The molecular weight excluding hydrogens is 560 g/mol. The molecule has 1 aliphatic rings. The second-order valence-electron chi connectivity index (χ2n) is 12.5. The Morgan fingerprint density at radius 1 is 0.435 bits per heavy atom. The lowest BCUT2D eigenvalue weighted by atomic mass is 9.82. The second-order valence-corrected chi connectivity index (χ2v) is 12.5. The molecule has 1 aliphatic carbocycles. The van der Waals surface area contributed by atoms with Gasteiger partial charge in [-0.15, -0.1) is 0 Å². The number of para-hydroxylation sites is 1. The molecule has 0 spiro atoms. The lowest BCUT2D eigenvalue weighted by molar-refractivity contribution is 0.661. The monoisotopic (exact) mass is 590 g/mol. The van der Waals surface area contributed by atoms with Gasteiger partial charge in [0, 0.05) is 38.6 Å². The van der Waals surface area contributed by atoms with Crippen molar-refractivity contribution in [1.29, 1.82) is 0 Å². The SMILES string of the molecule is CC1(C)c2ccccc2-c2cc3c4cc(-c5nc(-c6ccccc6)nc(-c6ccccc6)n5)ccc4n(-c4ccccc4)c3cc21. The summed E-state index contributed by atoms with van der Waals surface area (Å²) in [4.78, 5) is 15.0. The minimum absolute atomic E-state index is 0.0875. The summed E-state index contributed by atoms with van der Waals surface area (Å²) in [7, 11) is 0. The molecule has 8 aromatic rings. The molecule has 0 amide bonds. The first-order chi connectivity index (χ1) is 22.6. The van der Waals surface area contributed by atoms with E-state index in [4.69, 9.17) is 15.0 Å². The summed E-state index contributed by atoms with van der Waals surface area (Å²) in [5.41, 5.74) is 11.6. The first-order valence-corrected chi connectivity index (χ1v) is 15.7. The van der Waals surface area contributed by atoms with Crippen LogP contribution in [0.5, 0.6) is 0 Å². The van der Waals surface area contributed by atoms with Gasteiger partial charge in [-0.25, -0.2) is 15.0 Å². The fourth-order valence-electron chi connectivity index (χ4n) is 7.15. The third-order valence-electron chi connectivity index (χ3n) is 9.44. The Hall–Kier alpha value is -5.87. The highest BCUT2D eigenvalue weighted by Crippen LogP contribution is 2.51. The van der Waals surface area contributed by atoms with E-state index >= 15 is 0 Å². The highest BCUT2D eigenvalue weighted by atomic mass is 15.0. The van der Waals surface area contributed by atoms with E-state index < -0.39 is 0 Å². The molecule has 0 bridgehead atoms. The normalized spacial score (nSPS) is 13.2. The van der Waals surface area contributed by atoms with E-state index in [-0.39, 0.29) is 5.41 Å². The third-order valence-corrected chi connectivity index (χ3v) is 9.44. The number of fused-ring (bicyclic) bond motifs is 6. The predicted molar refractivity (Wildman–Crippen MR) is 188 cm³/mol. The van der Waals surface area contributed by atoms with Crippen LogP contribution < -0.4 is 0 Å². The van der Waals surface area contributed by atoms with Gasteiger partial charge in [0.05, 0.1) is 11.0 Å². The Balaban J connectivity index is 1.32. The van der Waals surface area contributed by atoms with Gasteiger partial charge in [0.15, 0.2) is 17.5 Å². The van der Waals surface area contributed by atoms with E-state index in [2.05, 4.69) is 103 Å². The zero-order valence-electron chi connectivity index (χ0n) is 25.6. The molecule has 0 saturated carbocycles. The standard InChI is InChI=1S/C42H30N4/c1-42(2)35-21-13-12-20-31(35)32-25-34-33-24-29(22-23-37(33)46(38(34)26-36(32)42)30-18-10-5-11-19-30)41-44-39(27-14-6-3-7-15-27)43-40(45-41)28-16-8-4-9-17-28/h3-26H,1-2H3. The van der Waals surface area contributed by atoms with Gasteiger partial charge in [-0.2, -0.15) is 0 Å². The van der Waals surface area contributed by atoms with Crippen molar-refractivity contribution in [3.05, 3.63) is 157 Å². The molecule has 0 unspecified atom stereocenters. The number of hydrogen-bond acceptors (Lipinski definition) is 3. The summed E-state index contributed by atoms with van der Waals surface area (Å²) in [6, 6.07) is 51.2. The minimum atomic E-state index is -0.0875. The Bertz CT molecular complexity index is 2370. The Morgan fingerprint density at radius 2 is 0.978 bits per heavy atom. The number of aromatic nitrogens is 4. The maximum Gasteiger partial charge on any atom is 0.164 e. The van der Waals surface area contributed by atoms with Crippen molar-refractivity contribution >= 4 is 21.8 Å². The molecular formula is C42H30N4. The highest BCUT2D eigenvalue weighted by Gasteiger charge is 2.36. The zero-order chi connectivity index (χ0) is 30.8. The number of rotatable bonds is 4. The molecule has 6 aromatic carbocycles. The summed E-state index contributed by atoms with van der Waals surface area (Å²) >= 11 is 0. The molecule has 0 fully saturated rings. The van der Waals surface area contributed by atoms with Crippen molar-refractivity contribution in [2.24, 2.45) is 0 Å². The average Bonchev–Trinajstić information content (AvgIpc) is 3.56. The van der Waals surface area contributed by atoms with E-state index in [9.17, 15) is 0 Å². The molecule has 0 aliphatic heterocycles. The molecule has 2 aromatic heterocycles. The van der Waals surface area contributed by atoms with E-state index in [1.54, 1.807) is 0 Å². The van der Waals surface area contributed by atoms with Gasteiger partial charge in [-0.3, -0.25) is 0 Å². The molecule has 218 valence electrons. The van der Waals surface area contributed by atoms with Crippen LogP contribution in [0.1, 0.15) is 25.0 Å². The van der Waals surface area contributed by atoms with Crippen LogP contribution in [0.15, 0.2) is 146 Å². The number of benzene rings is 6. The van der Waals surface area contributed by atoms with Crippen LogP contribution in [-0.4, -0.2) is 19.5 Å². The first-order valence-electron chi connectivity index (χ1n) is 15.7. The summed E-state index contributed by atoms with van der Waals surface area (Å²) < 4.78 is 2.39. The Labute approximate surface area is 267 Å². The summed E-state index contributed by atoms with van der Waals surface area (Å²) in [6.07, 6.45) is 0. The van der Waals surface area contributed by atoms with E-state index in [0.29, 0.717) is 17.5 Å². The molecule has 0 N–H and O–H groups in total.